The quantitative estimate of drug-likeness (QED) is 0.761. The summed E-state index contributed by atoms with van der Waals surface area (Å²) in [5.41, 5.74) is 0. The second kappa shape index (κ2) is 9.04. The van der Waals surface area contributed by atoms with Crippen molar-refractivity contribution in [2.75, 3.05) is 26.3 Å². The number of ether oxygens (including phenoxy) is 2. The molecule has 2 aromatic rings. The zero-order valence-corrected chi connectivity index (χ0v) is 16.2. The normalized spacial score (nSPS) is 18.8. The van der Waals surface area contributed by atoms with E-state index in [1.165, 1.54) is 0 Å². The number of benzene rings is 1. The molecule has 9 nitrogen and oxygen atoms in total. The van der Waals surface area contributed by atoms with E-state index in [1.54, 1.807) is 12.1 Å². The molecule has 1 fully saturated rings. The third-order valence-electron chi connectivity index (χ3n) is 5.18. The van der Waals surface area contributed by atoms with Crippen LogP contribution in [0.5, 0.6) is 5.75 Å². The Kier molecular flexibility index (Phi) is 6.04. The SMILES string of the molecule is O=C(COc1ccccc1)NCc1nnc2n1CCN(C(=O)[C@H]1CCCO1)CC2. The van der Waals surface area contributed by atoms with E-state index < -0.39 is 0 Å². The van der Waals surface area contributed by atoms with Crippen molar-refractivity contribution in [3.63, 3.8) is 0 Å². The molecule has 0 radical (unpaired) electrons. The Bertz CT molecular complexity index is 848. The summed E-state index contributed by atoms with van der Waals surface area (Å²) < 4.78 is 13.0. The molecule has 2 aliphatic heterocycles. The number of amides is 2. The highest BCUT2D eigenvalue weighted by molar-refractivity contribution is 5.81. The fourth-order valence-corrected chi connectivity index (χ4v) is 3.60. The topological polar surface area (TPSA) is 98.6 Å². The molecule has 0 bridgehead atoms. The second-order valence-corrected chi connectivity index (χ2v) is 7.14. The Morgan fingerprint density at radius 2 is 2.03 bits per heavy atom. The molecule has 29 heavy (non-hydrogen) atoms. The van der Waals surface area contributed by atoms with Crippen molar-refractivity contribution in [2.24, 2.45) is 0 Å². The molecule has 154 valence electrons. The minimum atomic E-state index is -0.304. The van der Waals surface area contributed by atoms with Gasteiger partial charge in [-0.2, -0.15) is 0 Å². The number of hydrogen-bond donors (Lipinski definition) is 1. The first-order valence-corrected chi connectivity index (χ1v) is 9.96. The molecule has 4 rings (SSSR count). The van der Waals surface area contributed by atoms with Crippen LogP contribution < -0.4 is 10.1 Å². The minimum Gasteiger partial charge on any atom is -0.484 e. The summed E-state index contributed by atoms with van der Waals surface area (Å²) in [7, 11) is 0. The molecule has 0 unspecified atom stereocenters. The fourth-order valence-electron chi connectivity index (χ4n) is 3.60. The van der Waals surface area contributed by atoms with Gasteiger partial charge in [-0.25, -0.2) is 0 Å². The van der Waals surface area contributed by atoms with Gasteiger partial charge < -0.3 is 24.3 Å². The van der Waals surface area contributed by atoms with Crippen LogP contribution in [-0.4, -0.2) is 63.9 Å². The first-order valence-electron chi connectivity index (χ1n) is 9.96. The lowest BCUT2D eigenvalue weighted by Crippen LogP contribution is -2.40. The summed E-state index contributed by atoms with van der Waals surface area (Å²) in [4.78, 5) is 26.5. The van der Waals surface area contributed by atoms with Gasteiger partial charge in [-0.05, 0) is 25.0 Å². The molecule has 1 aromatic carbocycles. The van der Waals surface area contributed by atoms with E-state index >= 15 is 0 Å². The number of hydrogen-bond acceptors (Lipinski definition) is 6. The summed E-state index contributed by atoms with van der Waals surface area (Å²) in [6.07, 6.45) is 2.07. The molecular formula is C20H25N5O4. The van der Waals surface area contributed by atoms with Crippen LogP contribution in [0.1, 0.15) is 24.5 Å². The highest BCUT2D eigenvalue weighted by atomic mass is 16.5. The highest BCUT2D eigenvalue weighted by Gasteiger charge is 2.30. The Labute approximate surface area is 169 Å². The first kappa shape index (κ1) is 19.4. The first-order chi connectivity index (χ1) is 14.2. The van der Waals surface area contributed by atoms with Crippen LogP contribution in [0.3, 0.4) is 0 Å². The Morgan fingerprint density at radius 3 is 2.83 bits per heavy atom. The molecule has 0 spiro atoms. The van der Waals surface area contributed by atoms with Gasteiger partial charge in [-0.3, -0.25) is 9.59 Å². The maximum Gasteiger partial charge on any atom is 0.258 e. The van der Waals surface area contributed by atoms with Crippen LogP contribution in [0.15, 0.2) is 30.3 Å². The number of rotatable bonds is 6. The Hall–Kier alpha value is -2.94. The average Bonchev–Trinajstić information content (AvgIpc) is 3.37. The van der Waals surface area contributed by atoms with E-state index in [1.807, 2.05) is 27.7 Å². The number of carbonyl (C=O) groups excluding carboxylic acids is 2. The van der Waals surface area contributed by atoms with E-state index in [0.29, 0.717) is 44.2 Å². The van der Waals surface area contributed by atoms with Gasteiger partial charge in [0.2, 0.25) is 0 Å². The molecule has 1 saturated heterocycles. The average molecular weight is 399 g/mol. The molecule has 0 saturated carbocycles. The van der Waals surface area contributed by atoms with Crippen molar-refractivity contribution in [1.29, 1.82) is 0 Å². The van der Waals surface area contributed by atoms with Crippen molar-refractivity contribution in [3.05, 3.63) is 42.0 Å². The predicted octanol–water partition coefficient (Wildman–Crippen LogP) is 0.537. The summed E-state index contributed by atoms with van der Waals surface area (Å²) >= 11 is 0. The molecule has 1 aromatic heterocycles. The monoisotopic (exact) mass is 399 g/mol. The highest BCUT2D eigenvalue weighted by Crippen LogP contribution is 2.17. The third-order valence-corrected chi connectivity index (χ3v) is 5.18. The van der Waals surface area contributed by atoms with E-state index in [4.69, 9.17) is 9.47 Å². The van der Waals surface area contributed by atoms with Gasteiger partial charge in [0.05, 0.1) is 6.54 Å². The number of fused-ring (bicyclic) bond motifs is 1. The van der Waals surface area contributed by atoms with Gasteiger partial charge in [0, 0.05) is 32.7 Å². The van der Waals surface area contributed by atoms with Crippen LogP contribution in [-0.2, 0) is 33.8 Å². The van der Waals surface area contributed by atoms with Gasteiger partial charge in [-0.1, -0.05) is 18.2 Å². The van der Waals surface area contributed by atoms with E-state index in [-0.39, 0.29) is 31.1 Å². The van der Waals surface area contributed by atoms with Gasteiger partial charge in [0.1, 0.15) is 17.7 Å². The maximum atomic E-state index is 12.6. The molecule has 2 aliphatic rings. The Morgan fingerprint density at radius 1 is 1.17 bits per heavy atom. The molecule has 1 N–H and O–H groups in total. The molecule has 0 aliphatic carbocycles. The van der Waals surface area contributed by atoms with Crippen LogP contribution in [0, 0.1) is 0 Å². The predicted molar refractivity (Wildman–Crippen MR) is 103 cm³/mol. The minimum absolute atomic E-state index is 0.0608. The standard InChI is InChI=1S/C20H25N5O4/c26-19(14-29-15-5-2-1-3-6-15)21-13-18-23-22-17-8-9-24(10-11-25(17)18)20(27)16-7-4-12-28-16/h1-3,5-6,16H,4,7-14H2,(H,21,26)/t16-/m1/s1. The van der Waals surface area contributed by atoms with Crippen molar-refractivity contribution < 1.29 is 19.1 Å². The molecule has 3 heterocycles. The van der Waals surface area contributed by atoms with E-state index in [2.05, 4.69) is 15.5 Å². The van der Waals surface area contributed by atoms with Crippen molar-refractivity contribution >= 4 is 11.8 Å². The molecule has 1 atom stereocenters. The zero-order chi connectivity index (χ0) is 20.1. The van der Waals surface area contributed by atoms with Crippen molar-refractivity contribution in [2.45, 2.75) is 38.5 Å². The lowest BCUT2D eigenvalue weighted by atomic mass is 10.2. The van der Waals surface area contributed by atoms with Gasteiger partial charge in [-0.15, -0.1) is 10.2 Å². The largest absolute Gasteiger partial charge is 0.484 e. The number of nitrogens with zero attached hydrogens (tertiary/aromatic N) is 4. The van der Waals surface area contributed by atoms with Gasteiger partial charge in [0.15, 0.2) is 12.4 Å². The fraction of sp³-hybridized carbons (Fsp3) is 0.500. The van der Waals surface area contributed by atoms with Crippen LogP contribution in [0.2, 0.25) is 0 Å². The van der Waals surface area contributed by atoms with Crippen molar-refractivity contribution in [3.8, 4) is 5.75 Å². The van der Waals surface area contributed by atoms with Crippen LogP contribution in [0.4, 0.5) is 0 Å². The number of aromatic nitrogens is 3. The number of carbonyl (C=O) groups is 2. The lowest BCUT2D eigenvalue weighted by molar-refractivity contribution is -0.140. The second-order valence-electron chi connectivity index (χ2n) is 7.14. The number of nitrogens with one attached hydrogen (secondary N) is 1. The summed E-state index contributed by atoms with van der Waals surface area (Å²) in [5, 5.41) is 11.3. The third kappa shape index (κ3) is 4.73. The zero-order valence-electron chi connectivity index (χ0n) is 16.2. The molecule has 9 heteroatoms. The summed E-state index contributed by atoms with van der Waals surface area (Å²) in [6.45, 7) is 2.66. The van der Waals surface area contributed by atoms with Gasteiger partial charge >= 0.3 is 0 Å². The smallest absolute Gasteiger partial charge is 0.258 e. The maximum absolute atomic E-state index is 12.6. The van der Waals surface area contributed by atoms with E-state index in [9.17, 15) is 9.59 Å². The molecular weight excluding hydrogens is 374 g/mol. The Balaban J connectivity index is 1.29. The summed E-state index contributed by atoms with van der Waals surface area (Å²) in [6, 6.07) is 9.20. The number of para-hydroxylation sites is 1. The van der Waals surface area contributed by atoms with Crippen LogP contribution in [0.25, 0.3) is 0 Å². The van der Waals surface area contributed by atoms with Gasteiger partial charge in [0.25, 0.3) is 11.8 Å². The molecule has 2 amide bonds. The van der Waals surface area contributed by atoms with Crippen molar-refractivity contribution in [1.82, 2.24) is 25.0 Å². The lowest BCUT2D eigenvalue weighted by Gasteiger charge is -2.23. The van der Waals surface area contributed by atoms with Crippen LogP contribution >= 0.6 is 0 Å². The summed E-state index contributed by atoms with van der Waals surface area (Å²) in [5.74, 6) is 2.00. The van der Waals surface area contributed by atoms with E-state index in [0.717, 1.165) is 18.7 Å².